The Morgan fingerprint density at radius 2 is 2.00 bits per heavy atom. The molecule has 0 N–H and O–H groups in total. The van der Waals surface area contributed by atoms with E-state index in [1.165, 1.54) is 11.1 Å². The molecule has 3 nitrogen and oxygen atoms in total. The van der Waals surface area contributed by atoms with Crippen molar-refractivity contribution in [2.75, 3.05) is 0 Å². The van der Waals surface area contributed by atoms with Crippen molar-refractivity contribution in [3.63, 3.8) is 0 Å². The van der Waals surface area contributed by atoms with Crippen molar-refractivity contribution in [2.24, 2.45) is 11.1 Å². The minimum atomic E-state index is -0.552. The van der Waals surface area contributed by atoms with E-state index in [2.05, 4.69) is 37.2 Å². The Hall–Kier alpha value is -1.51. The average Bonchev–Trinajstić information content (AvgIpc) is 2.28. The summed E-state index contributed by atoms with van der Waals surface area (Å²) in [4.78, 5) is 20.7. The summed E-state index contributed by atoms with van der Waals surface area (Å²) in [6.07, 6.45) is 2.84. The topological polar surface area (TPSA) is 46.5 Å². The maximum Gasteiger partial charge on any atom is 0.286 e. The highest BCUT2D eigenvalue weighted by atomic mass is 16.3. The molecule has 0 unspecified atom stereocenters. The SMILES string of the molecule is CC(C)Cc1cccc(CCCC(=O)N=O)c1. The average molecular weight is 233 g/mol. The standard InChI is InChI=1S/C14H19NO2/c1-11(2)9-13-7-3-5-12(10-13)6-4-8-14(16)15-17/h3,5,7,10-11H,4,6,8-9H2,1-2H3. The van der Waals surface area contributed by atoms with E-state index in [9.17, 15) is 9.70 Å². The lowest BCUT2D eigenvalue weighted by molar-refractivity contribution is -0.118. The number of hydrogen-bond donors (Lipinski definition) is 0. The van der Waals surface area contributed by atoms with Crippen molar-refractivity contribution in [2.45, 2.75) is 39.5 Å². The summed E-state index contributed by atoms with van der Waals surface area (Å²) >= 11 is 0. The number of nitroso groups, excluding NO2 is 1. The Kier molecular flexibility index (Phi) is 5.53. The van der Waals surface area contributed by atoms with Gasteiger partial charge in [0, 0.05) is 11.6 Å². The summed E-state index contributed by atoms with van der Waals surface area (Å²) < 4.78 is 0. The predicted octanol–water partition coefficient (Wildman–Crippen LogP) is 3.50. The molecular formula is C14H19NO2. The monoisotopic (exact) mass is 233 g/mol. The van der Waals surface area contributed by atoms with Crippen molar-refractivity contribution in [3.8, 4) is 0 Å². The minimum absolute atomic E-state index is 0.248. The van der Waals surface area contributed by atoms with Crippen LogP contribution in [0.4, 0.5) is 0 Å². The largest absolute Gasteiger partial charge is 0.286 e. The van der Waals surface area contributed by atoms with Crippen LogP contribution in [0.25, 0.3) is 0 Å². The van der Waals surface area contributed by atoms with Crippen LogP contribution in [0.5, 0.6) is 0 Å². The van der Waals surface area contributed by atoms with Crippen LogP contribution < -0.4 is 0 Å². The Bertz CT molecular complexity index is 386. The summed E-state index contributed by atoms with van der Waals surface area (Å²) in [5.74, 6) is 0.0921. The Balaban J connectivity index is 2.48. The lowest BCUT2D eigenvalue weighted by Gasteiger charge is -2.07. The van der Waals surface area contributed by atoms with Gasteiger partial charge in [-0.25, -0.2) is 0 Å². The summed E-state index contributed by atoms with van der Waals surface area (Å²) in [5.41, 5.74) is 2.55. The van der Waals surface area contributed by atoms with Crippen molar-refractivity contribution < 1.29 is 4.79 Å². The van der Waals surface area contributed by atoms with Gasteiger partial charge in [0.1, 0.15) is 0 Å². The van der Waals surface area contributed by atoms with E-state index >= 15 is 0 Å². The number of nitrogens with zero attached hydrogens (tertiary/aromatic N) is 1. The molecule has 0 atom stereocenters. The molecule has 1 amide bonds. The van der Waals surface area contributed by atoms with E-state index < -0.39 is 5.91 Å². The number of rotatable bonds is 6. The number of aryl methyl sites for hydroxylation is 1. The molecule has 0 saturated heterocycles. The molecule has 1 aromatic rings. The first-order valence-electron chi connectivity index (χ1n) is 6.06. The number of amides is 1. The van der Waals surface area contributed by atoms with Crippen LogP contribution in [-0.2, 0) is 17.6 Å². The first kappa shape index (κ1) is 13.6. The zero-order valence-corrected chi connectivity index (χ0v) is 10.5. The third-order valence-electron chi connectivity index (χ3n) is 2.59. The fraction of sp³-hybridized carbons (Fsp3) is 0.500. The van der Waals surface area contributed by atoms with Crippen LogP contribution in [0.1, 0.15) is 37.8 Å². The molecule has 1 rings (SSSR count). The molecule has 1 aromatic carbocycles. The molecule has 0 bridgehead atoms. The van der Waals surface area contributed by atoms with E-state index in [0.29, 0.717) is 12.3 Å². The third kappa shape index (κ3) is 5.38. The highest BCUT2D eigenvalue weighted by Gasteiger charge is 2.02. The smallest absolute Gasteiger partial charge is 0.269 e. The van der Waals surface area contributed by atoms with Crippen LogP contribution in [0, 0.1) is 10.8 Å². The van der Waals surface area contributed by atoms with E-state index in [1.807, 2.05) is 6.07 Å². The van der Waals surface area contributed by atoms with E-state index in [1.54, 1.807) is 0 Å². The Labute approximate surface area is 102 Å². The summed E-state index contributed by atoms with van der Waals surface area (Å²) in [5, 5.41) is 2.39. The van der Waals surface area contributed by atoms with Gasteiger partial charge >= 0.3 is 0 Å². The van der Waals surface area contributed by atoms with Gasteiger partial charge in [-0.1, -0.05) is 38.1 Å². The van der Waals surface area contributed by atoms with Crippen LogP contribution in [0.15, 0.2) is 29.4 Å². The Morgan fingerprint density at radius 1 is 1.29 bits per heavy atom. The molecule has 0 radical (unpaired) electrons. The number of benzene rings is 1. The predicted molar refractivity (Wildman–Crippen MR) is 68.7 cm³/mol. The minimum Gasteiger partial charge on any atom is -0.269 e. The third-order valence-corrected chi connectivity index (χ3v) is 2.59. The van der Waals surface area contributed by atoms with Gasteiger partial charge in [-0.3, -0.25) is 4.79 Å². The van der Waals surface area contributed by atoms with Crippen LogP contribution in [0.2, 0.25) is 0 Å². The van der Waals surface area contributed by atoms with Gasteiger partial charge in [-0.2, -0.15) is 0 Å². The van der Waals surface area contributed by atoms with Crippen molar-refractivity contribution in [1.29, 1.82) is 0 Å². The maximum atomic E-state index is 10.7. The summed E-state index contributed by atoms with van der Waals surface area (Å²) in [6, 6.07) is 8.41. The van der Waals surface area contributed by atoms with Crippen molar-refractivity contribution in [3.05, 3.63) is 40.3 Å². The lowest BCUT2D eigenvalue weighted by atomic mass is 9.99. The van der Waals surface area contributed by atoms with Gasteiger partial charge in [0.2, 0.25) is 0 Å². The van der Waals surface area contributed by atoms with Crippen molar-refractivity contribution in [1.82, 2.24) is 0 Å². The highest BCUT2D eigenvalue weighted by molar-refractivity contribution is 5.76. The maximum absolute atomic E-state index is 10.7. The molecule has 92 valence electrons. The molecule has 0 aromatic heterocycles. The van der Waals surface area contributed by atoms with E-state index in [-0.39, 0.29) is 6.42 Å². The first-order valence-corrected chi connectivity index (χ1v) is 6.06. The summed E-state index contributed by atoms with van der Waals surface area (Å²) in [7, 11) is 0. The van der Waals surface area contributed by atoms with Crippen LogP contribution >= 0.6 is 0 Å². The van der Waals surface area contributed by atoms with Gasteiger partial charge in [0.05, 0.1) is 0 Å². The van der Waals surface area contributed by atoms with Crippen molar-refractivity contribution >= 4 is 5.91 Å². The van der Waals surface area contributed by atoms with Gasteiger partial charge in [0.25, 0.3) is 5.91 Å². The van der Waals surface area contributed by atoms with E-state index in [4.69, 9.17) is 0 Å². The second-order valence-corrected chi connectivity index (χ2v) is 4.76. The second kappa shape index (κ2) is 6.94. The Morgan fingerprint density at radius 3 is 2.65 bits per heavy atom. The van der Waals surface area contributed by atoms with E-state index in [0.717, 1.165) is 12.8 Å². The zero-order chi connectivity index (χ0) is 12.7. The molecule has 0 fully saturated rings. The zero-order valence-electron chi connectivity index (χ0n) is 10.5. The van der Waals surface area contributed by atoms with Gasteiger partial charge in [-0.15, -0.1) is 4.91 Å². The molecule has 0 aliphatic heterocycles. The second-order valence-electron chi connectivity index (χ2n) is 4.76. The number of hydrogen-bond acceptors (Lipinski definition) is 2. The lowest BCUT2D eigenvalue weighted by Crippen LogP contribution is -1.97. The molecule has 0 aliphatic carbocycles. The molecule has 0 aliphatic rings. The molecule has 0 heterocycles. The first-order chi connectivity index (χ1) is 8.11. The molecule has 3 heteroatoms. The quantitative estimate of drug-likeness (QED) is 0.706. The molecule has 17 heavy (non-hydrogen) atoms. The number of carbonyl (C=O) groups excluding carboxylic acids is 1. The number of carbonyl (C=O) groups is 1. The van der Waals surface area contributed by atoms with Gasteiger partial charge < -0.3 is 0 Å². The fourth-order valence-electron chi connectivity index (χ4n) is 1.87. The van der Waals surface area contributed by atoms with Gasteiger partial charge in [-0.05, 0) is 36.3 Å². The molecule has 0 spiro atoms. The molecular weight excluding hydrogens is 214 g/mol. The van der Waals surface area contributed by atoms with Gasteiger partial charge in [0.15, 0.2) is 0 Å². The normalized spacial score (nSPS) is 10.5. The fourth-order valence-corrected chi connectivity index (χ4v) is 1.87. The van der Waals surface area contributed by atoms with Crippen LogP contribution in [0.3, 0.4) is 0 Å². The van der Waals surface area contributed by atoms with Crippen LogP contribution in [-0.4, -0.2) is 5.91 Å². The highest BCUT2D eigenvalue weighted by Crippen LogP contribution is 2.12. The summed E-state index contributed by atoms with van der Waals surface area (Å²) in [6.45, 7) is 4.39. The molecule has 0 saturated carbocycles.